The smallest absolute Gasteiger partial charge is 0.231 e. The van der Waals surface area contributed by atoms with E-state index in [4.69, 9.17) is 15.2 Å². The highest BCUT2D eigenvalue weighted by atomic mass is 32.2. The summed E-state index contributed by atoms with van der Waals surface area (Å²) in [7, 11) is -0.832. The number of hydrogen-bond donors (Lipinski definition) is 1. The molecule has 1 heterocycles. The maximum absolute atomic E-state index is 12.4. The minimum atomic E-state index is -0.832. The van der Waals surface area contributed by atoms with Gasteiger partial charge in [-0.15, -0.1) is 0 Å². The predicted molar refractivity (Wildman–Crippen MR) is 79.4 cm³/mol. The monoisotopic (exact) mass is 295 g/mol. The molecule has 0 aromatic heterocycles. The zero-order valence-corrected chi connectivity index (χ0v) is 12.4. The van der Waals surface area contributed by atoms with Crippen LogP contribution < -0.4 is 15.2 Å². The molecule has 1 aliphatic heterocycles. The van der Waals surface area contributed by atoms with Gasteiger partial charge in [0.25, 0.3) is 0 Å². The molecule has 4 nitrogen and oxygen atoms in total. The molecule has 1 fully saturated rings. The summed E-state index contributed by atoms with van der Waals surface area (Å²) in [4.78, 5) is 0. The molecule has 1 saturated carbocycles. The maximum atomic E-state index is 12.4. The number of hydrogen-bond acceptors (Lipinski definition) is 4. The summed E-state index contributed by atoms with van der Waals surface area (Å²) in [5.41, 5.74) is 7.18. The van der Waals surface area contributed by atoms with Crippen molar-refractivity contribution in [1.29, 1.82) is 0 Å². The molecule has 2 aliphatic rings. The van der Waals surface area contributed by atoms with Gasteiger partial charge in [-0.25, -0.2) is 0 Å². The highest BCUT2D eigenvalue weighted by Crippen LogP contribution is 2.34. The fraction of sp³-hybridized carbons (Fsp3) is 0.600. The molecule has 1 aromatic rings. The van der Waals surface area contributed by atoms with Crippen LogP contribution in [0, 0.1) is 0 Å². The van der Waals surface area contributed by atoms with Crippen molar-refractivity contribution in [2.45, 2.75) is 43.4 Å². The van der Waals surface area contributed by atoms with Crippen LogP contribution in [0.2, 0.25) is 0 Å². The lowest BCUT2D eigenvalue weighted by Gasteiger charge is -2.22. The molecule has 3 rings (SSSR count). The molecule has 2 N–H and O–H groups in total. The average Bonchev–Trinajstić information content (AvgIpc) is 2.95. The summed E-state index contributed by atoms with van der Waals surface area (Å²) in [6, 6.07) is 5.52. The Labute approximate surface area is 122 Å². The van der Waals surface area contributed by atoms with Crippen LogP contribution in [-0.2, 0) is 10.8 Å². The third kappa shape index (κ3) is 2.99. The second kappa shape index (κ2) is 6.14. The Bertz CT molecular complexity index is 500. The fourth-order valence-electron chi connectivity index (χ4n) is 2.88. The van der Waals surface area contributed by atoms with Crippen LogP contribution in [-0.4, -0.2) is 22.0 Å². The standard InChI is InChI=1S/C15H21NO3S/c16-13(9-20(17)12-4-2-1-3-5-12)11-6-7-14-15(8-11)19-10-18-14/h6-8,12-13H,1-5,9-10,16H2. The number of rotatable bonds is 4. The Hall–Kier alpha value is -1.07. The van der Waals surface area contributed by atoms with E-state index in [1.807, 2.05) is 18.2 Å². The predicted octanol–water partition coefficient (Wildman–Crippen LogP) is 2.50. The molecule has 5 heteroatoms. The van der Waals surface area contributed by atoms with Crippen molar-refractivity contribution in [3.8, 4) is 11.5 Å². The summed E-state index contributed by atoms with van der Waals surface area (Å²) >= 11 is 0. The molecule has 0 radical (unpaired) electrons. The van der Waals surface area contributed by atoms with E-state index in [9.17, 15) is 4.21 Å². The topological polar surface area (TPSA) is 61.6 Å². The van der Waals surface area contributed by atoms with E-state index in [0.29, 0.717) is 11.0 Å². The van der Waals surface area contributed by atoms with Gasteiger partial charge in [0.15, 0.2) is 11.5 Å². The van der Waals surface area contributed by atoms with Crippen LogP contribution in [0.1, 0.15) is 43.7 Å². The first-order chi connectivity index (χ1) is 9.74. The van der Waals surface area contributed by atoms with Crippen molar-refractivity contribution in [2.75, 3.05) is 12.5 Å². The molecular formula is C15H21NO3S. The third-order valence-corrected chi connectivity index (χ3v) is 6.00. The van der Waals surface area contributed by atoms with Crippen LogP contribution in [0.5, 0.6) is 11.5 Å². The lowest BCUT2D eigenvalue weighted by molar-refractivity contribution is 0.174. The number of nitrogens with two attached hydrogens (primary N) is 1. The fourth-order valence-corrected chi connectivity index (χ4v) is 4.56. The van der Waals surface area contributed by atoms with Crippen molar-refractivity contribution < 1.29 is 13.7 Å². The van der Waals surface area contributed by atoms with E-state index < -0.39 is 10.8 Å². The van der Waals surface area contributed by atoms with Crippen LogP contribution in [0.15, 0.2) is 18.2 Å². The summed E-state index contributed by atoms with van der Waals surface area (Å²) in [6.07, 6.45) is 5.86. The summed E-state index contributed by atoms with van der Waals surface area (Å²) in [5.74, 6) is 2.03. The minimum Gasteiger partial charge on any atom is -0.454 e. The molecule has 2 atom stereocenters. The van der Waals surface area contributed by atoms with Gasteiger partial charge in [-0.1, -0.05) is 25.3 Å². The molecule has 1 aromatic carbocycles. The summed E-state index contributed by atoms with van der Waals surface area (Å²) in [5, 5.41) is 0.337. The van der Waals surface area contributed by atoms with Crippen molar-refractivity contribution in [3.63, 3.8) is 0 Å². The molecule has 0 spiro atoms. The van der Waals surface area contributed by atoms with E-state index in [1.165, 1.54) is 19.3 Å². The van der Waals surface area contributed by atoms with E-state index in [2.05, 4.69) is 0 Å². The number of fused-ring (bicyclic) bond motifs is 1. The van der Waals surface area contributed by atoms with Crippen molar-refractivity contribution in [1.82, 2.24) is 0 Å². The lowest BCUT2D eigenvalue weighted by atomic mass is 10.0. The van der Waals surface area contributed by atoms with Gasteiger partial charge < -0.3 is 15.2 Å². The zero-order chi connectivity index (χ0) is 13.9. The first kappa shape index (κ1) is 13.9. The van der Waals surface area contributed by atoms with Gasteiger partial charge in [0.2, 0.25) is 6.79 Å². The molecule has 1 aliphatic carbocycles. The molecule has 2 unspecified atom stereocenters. The van der Waals surface area contributed by atoms with E-state index in [1.54, 1.807) is 0 Å². The molecule has 20 heavy (non-hydrogen) atoms. The van der Waals surface area contributed by atoms with Crippen LogP contribution >= 0.6 is 0 Å². The van der Waals surface area contributed by atoms with Gasteiger partial charge in [0.1, 0.15) is 0 Å². The van der Waals surface area contributed by atoms with Gasteiger partial charge in [-0.3, -0.25) is 4.21 Å². The second-order valence-corrected chi connectivity index (χ2v) is 7.29. The van der Waals surface area contributed by atoms with Gasteiger partial charge >= 0.3 is 0 Å². The molecular weight excluding hydrogens is 274 g/mol. The van der Waals surface area contributed by atoms with E-state index in [-0.39, 0.29) is 12.8 Å². The Kier molecular flexibility index (Phi) is 4.27. The van der Waals surface area contributed by atoms with Crippen LogP contribution in [0.25, 0.3) is 0 Å². The maximum Gasteiger partial charge on any atom is 0.231 e. The van der Waals surface area contributed by atoms with Crippen LogP contribution in [0.4, 0.5) is 0 Å². The minimum absolute atomic E-state index is 0.202. The molecule has 0 saturated heterocycles. The van der Waals surface area contributed by atoms with Gasteiger partial charge in [0, 0.05) is 27.8 Å². The first-order valence-electron chi connectivity index (χ1n) is 7.26. The van der Waals surface area contributed by atoms with Crippen molar-refractivity contribution in [3.05, 3.63) is 23.8 Å². The number of benzene rings is 1. The quantitative estimate of drug-likeness (QED) is 0.927. The zero-order valence-electron chi connectivity index (χ0n) is 11.5. The van der Waals surface area contributed by atoms with Crippen molar-refractivity contribution in [2.24, 2.45) is 5.73 Å². The third-order valence-electron chi connectivity index (χ3n) is 4.09. The second-order valence-electron chi connectivity index (χ2n) is 5.53. The Balaban J connectivity index is 1.63. The number of ether oxygens (including phenoxy) is 2. The summed E-state index contributed by atoms with van der Waals surface area (Å²) < 4.78 is 23.0. The molecule has 0 amide bonds. The van der Waals surface area contributed by atoms with E-state index in [0.717, 1.165) is 29.9 Å². The first-order valence-corrected chi connectivity index (χ1v) is 8.64. The van der Waals surface area contributed by atoms with Crippen LogP contribution in [0.3, 0.4) is 0 Å². The van der Waals surface area contributed by atoms with Gasteiger partial charge in [-0.05, 0) is 30.5 Å². The van der Waals surface area contributed by atoms with Gasteiger partial charge in [0.05, 0.1) is 0 Å². The SMILES string of the molecule is NC(CS(=O)C1CCCCC1)c1ccc2c(c1)OCO2. The highest BCUT2D eigenvalue weighted by molar-refractivity contribution is 7.85. The van der Waals surface area contributed by atoms with Crippen molar-refractivity contribution >= 4 is 10.8 Å². The highest BCUT2D eigenvalue weighted by Gasteiger charge is 2.23. The van der Waals surface area contributed by atoms with E-state index >= 15 is 0 Å². The lowest BCUT2D eigenvalue weighted by Crippen LogP contribution is -2.26. The normalized spacial score (nSPS) is 21.6. The van der Waals surface area contributed by atoms with Gasteiger partial charge in [-0.2, -0.15) is 0 Å². The Morgan fingerprint density at radius 3 is 2.75 bits per heavy atom. The summed E-state index contributed by atoms with van der Waals surface area (Å²) in [6.45, 7) is 0.266. The Morgan fingerprint density at radius 1 is 1.20 bits per heavy atom. The largest absolute Gasteiger partial charge is 0.454 e. The molecule has 0 bridgehead atoms. The average molecular weight is 295 g/mol. The Morgan fingerprint density at radius 2 is 1.95 bits per heavy atom. The molecule has 110 valence electrons.